The number of sulfonamides is 1. The van der Waals surface area contributed by atoms with Gasteiger partial charge in [0.05, 0.1) is 17.1 Å². The summed E-state index contributed by atoms with van der Waals surface area (Å²) in [5.41, 5.74) is 0.708. The average Bonchev–Trinajstić information content (AvgIpc) is 2.89. The number of aromatic nitrogens is 2. The minimum atomic E-state index is -3.61. The summed E-state index contributed by atoms with van der Waals surface area (Å²) in [5.74, 6) is 1.00. The number of nitrogens with zero attached hydrogens (tertiary/aromatic N) is 2. The lowest BCUT2D eigenvalue weighted by Gasteiger charge is -2.08. The van der Waals surface area contributed by atoms with E-state index in [1.54, 1.807) is 13.0 Å². The molecule has 8 heteroatoms. The zero-order chi connectivity index (χ0) is 15.3. The van der Waals surface area contributed by atoms with Gasteiger partial charge in [0.2, 0.25) is 10.0 Å². The number of hydrogen-bond donors (Lipinski definition) is 2. The van der Waals surface area contributed by atoms with E-state index in [1.165, 1.54) is 18.3 Å². The van der Waals surface area contributed by atoms with Crippen molar-refractivity contribution in [2.75, 3.05) is 11.9 Å². The van der Waals surface area contributed by atoms with Crippen LogP contribution in [0.2, 0.25) is 0 Å². The second-order valence-corrected chi connectivity index (χ2v) is 6.33. The fourth-order valence-electron chi connectivity index (χ4n) is 1.68. The third kappa shape index (κ3) is 4.27. The van der Waals surface area contributed by atoms with E-state index >= 15 is 0 Å². The molecule has 0 amide bonds. The molecular weight excluding hydrogens is 292 g/mol. The highest BCUT2D eigenvalue weighted by Gasteiger charge is 2.15. The molecule has 7 nitrogen and oxygen atoms in total. The highest BCUT2D eigenvalue weighted by molar-refractivity contribution is 7.89. The molecule has 0 aliphatic carbocycles. The summed E-state index contributed by atoms with van der Waals surface area (Å²) in [6.45, 7) is 4.59. The first-order valence-electron chi connectivity index (χ1n) is 6.63. The second kappa shape index (κ2) is 6.68. The standard InChI is InChI=1S/C13H18N4O3S/c1-3-5-14-13-8-12(4-6-15-13)21(18,19)16-9-11-7-10(2)17-20-11/h4,6-8,16H,3,5,9H2,1-2H3,(H,14,15). The maximum atomic E-state index is 12.2. The zero-order valence-electron chi connectivity index (χ0n) is 12.0. The van der Waals surface area contributed by atoms with Crippen LogP contribution in [0.15, 0.2) is 33.8 Å². The van der Waals surface area contributed by atoms with Gasteiger partial charge in [-0.2, -0.15) is 0 Å². The number of rotatable bonds is 7. The number of nitrogens with one attached hydrogen (secondary N) is 2. The summed E-state index contributed by atoms with van der Waals surface area (Å²) in [6.07, 6.45) is 2.40. The Bertz CT molecular complexity index is 697. The molecule has 0 unspecified atom stereocenters. The predicted octanol–water partition coefficient (Wildman–Crippen LogP) is 1.68. The Hall–Kier alpha value is -1.93. The van der Waals surface area contributed by atoms with Crippen molar-refractivity contribution in [3.05, 3.63) is 35.9 Å². The summed E-state index contributed by atoms with van der Waals surface area (Å²) in [7, 11) is -3.61. The molecule has 0 aliphatic heterocycles. The maximum absolute atomic E-state index is 12.2. The maximum Gasteiger partial charge on any atom is 0.241 e. The molecule has 0 saturated carbocycles. The lowest BCUT2D eigenvalue weighted by atomic mass is 10.4. The average molecular weight is 310 g/mol. The Labute approximate surface area is 123 Å². The lowest BCUT2D eigenvalue weighted by molar-refractivity contribution is 0.377. The van der Waals surface area contributed by atoms with E-state index in [4.69, 9.17) is 4.52 Å². The Morgan fingerprint density at radius 3 is 2.81 bits per heavy atom. The van der Waals surface area contributed by atoms with Crippen LogP contribution < -0.4 is 10.0 Å². The van der Waals surface area contributed by atoms with Gasteiger partial charge in [-0.1, -0.05) is 12.1 Å². The quantitative estimate of drug-likeness (QED) is 0.807. The number of pyridine rings is 1. The second-order valence-electron chi connectivity index (χ2n) is 4.56. The molecule has 0 aromatic carbocycles. The van der Waals surface area contributed by atoms with Gasteiger partial charge >= 0.3 is 0 Å². The largest absolute Gasteiger partial charge is 0.370 e. The molecular formula is C13H18N4O3S. The summed E-state index contributed by atoms with van der Waals surface area (Å²) in [4.78, 5) is 4.24. The molecule has 2 heterocycles. The number of anilines is 1. The molecule has 0 saturated heterocycles. The number of aryl methyl sites for hydroxylation is 1. The Kier molecular flexibility index (Phi) is 4.92. The topological polar surface area (TPSA) is 97.1 Å². The molecule has 0 radical (unpaired) electrons. The van der Waals surface area contributed by atoms with Crippen LogP contribution in [0.25, 0.3) is 0 Å². The lowest BCUT2D eigenvalue weighted by Crippen LogP contribution is -2.23. The minimum absolute atomic E-state index is 0.0587. The van der Waals surface area contributed by atoms with Crippen LogP contribution in [-0.2, 0) is 16.6 Å². The van der Waals surface area contributed by atoms with Gasteiger partial charge in [-0.15, -0.1) is 0 Å². The molecule has 2 N–H and O–H groups in total. The van der Waals surface area contributed by atoms with E-state index in [-0.39, 0.29) is 11.4 Å². The summed E-state index contributed by atoms with van der Waals surface area (Å²) in [5, 5.41) is 6.76. The van der Waals surface area contributed by atoms with E-state index in [2.05, 4.69) is 20.2 Å². The highest BCUT2D eigenvalue weighted by Crippen LogP contribution is 2.13. The van der Waals surface area contributed by atoms with Crippen LogP contribution in [0.3, 0.4) is 0 Å². The molecule has 0 fully saturated rings. The summed E-state index contributed by atoms with van der Waals surface area (Å²) < 4.78 is 31.9. The van der Waals surface area contributed by atoms with Crippen molar-refractivity contribution in [1.82, 2.24) is 14.9 Å². The fourth-order valence-corrected chi connectivity index (χ4v) is 2.68. The van der Waals surface area contributed by atoms with Gasteiger partial charge in [-0.25, -0.2) is 18.1 Å². The highest BCUT2D eigenvalue weighted by atomic mass is 32.2. The Balaban J connectivity index is 2.08. The van der Waals surface area contributed by atoms with Crippen LogP contribution in [-0.4, -0.2) is 25.1 Å². The van der Waals surface area contributed by atoms with E-state index in [9.17, 15) is 8.42 Å². The van der Waals surface area contributed by atoms with Crippen molar-refractivity contribution in [3.63, 3.8) is 0 Å². The van der Waals surface area contributed by atoms with Crippen LogP contribution in [0.5, 0.6) is 0 Å². The van der Waals surface area contributed by atoms with Gasteiger partial charge in [-0.05, 0) is 19.4 Å². The molecule has 0 atom stereocenters. The molecule has 2 rings (SSSR count). The third-order valence-electron chi connectivity index (χ3n) is 2.71. The fraction of sp³-hybridized carbons (Fsp3) is 0.385. The molecule has 0 bridgehead atoms. The van der Waals surface area contributed by atoms with Crippen molar-refractivity contribution < 1.29 is 12.9 Å². The van der Waals surface area contributed by atoms with Crippen LogP contribution in [0.4, 0.5) is 5.82 Å². The van der Waals surface area contributed by atoms with Gasteiger partial charge in [-0.3, -0.25) is 0 Å². The molecule has 0 spiro atoms. The van der Waals surface area contributed by atoms with Crippen molar-refractivity contribution >= 4 is 15.8 Å². The summed E-state index contributed by atoms with van der Waals surface area (Å²) >= 11 is 0. The van der Waals surface area contributed by atoms with Crippen LogP contribution in [0, 0.1) is 6.92 Å². The first-order valence-corrected chi connectivity index (χ1v) is 8.11. The van der Waals surface area contributed by atoms with E-state index < -0.39 is 10.0 Å². The first-order chi connectivity index (χ1) is 10.0. The number of hydrogen-bond acceptors (Lipinski definition) is 6. The smallest absolute Gasteiger partial charge is 0.241 e. The summed E-state index contributed by atoms with van der Waals surface area (Å²) in [6, 6.07) is 4.64. The minimum Gasteiger partial charge on any atom is -0.370 e. The molecule has 114 valence electrons. The SMILES string of the molecule is CCCNc1cc(S(=O)(=O)NCc2cc(C)no2)ccn1. The van der Waals surface area contributed by atoms with Crippen molar-refractivity contribution in [1.29, 1.82) is 0 Å². The molecule has 2 aromatic rings. The Morgan fingerprint density at radius 2 is 2.14 bits per heavy atom. The van der Waals surface area contributed by atoms with Crippen molar-refractivity contribution in [2.24, 2.45) is 0 Å². The van der Waals surface area contributed by atoms with Gasteiger partial charge in [0.1, 0.15) is 5.82 Å². The Morgan fingerprint density at radius 1 is 1.33 bits per heavy atom. The van der Waals surface area contributed by atoms with E-state index in [0.717, 1.165) is 13.0 Å². The van der Waals surface area contributed by atoms with Gasteiger partial charge < -0.3 is 9.84 Å². The van der Waals surface area contributed by atoms with E-state index in [0.29, 0.717) is 17.3 Å². The zero-order valence-corrected chi connectivity index (χ0v) is 12.8. The van der Waals surface area contributed by atoms with Gasteiger partial charge in [0.25, 0.3) is 0 Å². The van der Waals surface area contributed by atoms with Gasteiger partial charge in [0, 0.05) is 24.9 Å². The molecule has 0 aliphatic rings. The van der Waals surface area contributed by atoms with Crippen LogP contribution >= 0.6 is 0 Å². The first kappa shape index (κ1) is 15.5. The van der Waals surface area contributed by atoms with Crippen molar-refractivity contribution in [3.8, 4) is 0 Å². The molecule has 21 heavy (non-hydrogen) atoms. The monoisotopic (exact) mass is 310 g/mol. The predicted molar refractivity (Wildman–Crippen MR) is 78.3 cm³/mol. The third-order valence-corrected chi connectivity index (χ3v) is 4.11. The van der Waals surface area contributed by atoms with Crippen molar-refractivity contribution in [2.45, 2.75) is 31.7 Å². The van der Waals surface area contributed by atoms with Gasteiger partial charge in [0.15, 0.2) is 5.76 Å². The molecule has 2 aromatic heterocycles. The van der Waals surface area contributed by atoms with Crippen LogP contribution in [0.1, 0.15) is 24.8 Å². The van der Waals surface area contributed by atoms with E-state index in [1.807, 2.05) is 6.92 Å². The normalized spacial score (nSPS) is 11.5.